The van der Waals surface area contributed by atoms with E-state index in [4.69, 9.17) is 11.6 Å². The standard InChI is InChI=1S/C16H20ClF2N/c1-20(9-13-5-10-2-3-12(13)4-10)16-14(18)6-11(8-17)7-15(16)19/h6-7,10,12-13H,2-5,8-9H2,1H3. The van der Waals surface area contributed by atoms with Gasteiger partial charge in [-0.15, -0.1) is 11.6 Å². The maximum atomic E-state index is 14.1. The Balaban J connectivity index is 1.75. The molecule has 1 aromatic carbocycles. The third kappa shape index (κ3) is 2.52. The summed E-state index contributed by atoms with van der Waals surface area (Å²) in [6.07, 6.45) is 5.17. The number of benzene rings is 1. The fraction of sp³-hybridized carbons (Fsp3) is 0.625. The van der Waals surface area contributed by atoms with Gasteiger partial charge < -0.3 is 4.90 Å². The molecule has 0 radical (unpaired) electrons. The predicted molar refractivity (Wildman–Crippen MR) is 78.1 cm³/mol. The number of alkyl halides is 1. The van der Waals surface area contributed by atoms with Gasteiger partial charge >= 0.3 is 0 Å². The highest BCUT2D eigenvalue weighted by Crippen LogP contribution is 2.48. The molecule has 2 aliphatic carbocycles. The molecule has 0 saturated heterocycles. The molecule has 0 heterocycles. The van der Waals surface area contributed by atoms with Crippen LogP contribution in [0.3, 0.4) is 0 Å². The minimum atomic E-state index is -0.508. The van der Waals surface area contributed by atoms with Crippen molar-refractivity contribution >= 4 is 17.3 Å². The highest BCUT2D eigenvalue weighted by molar-refractivity contribution is 6.17. The molecule has 1 aromatic rings. The molecule has 0 N–H and O–H groups in total. The van der Waals surface area contributed by atoms with Crippen molar-refractivity contribution in [1.29, 1.82) is 0 Å². The highest BCUT2D eigenvalue weighted by Gasteiger charge is 2.40. The number of anilines is 1. The molecule has 2 saturated carbocycles. The average Bonchev–Trinajstić information content (AvgIpc) is 2.99. The molecule has 0 aromatic heterocycles. The number of hydrogen-bond donors (Lipinski definition) is 0. The van der Waals surface area contributed by atoms with Crippen LogP contribution in [-0.4, -0.2) is 13.6 Å². The maximum absolute atomic E-state index is 14.1. The van der Waals surface area contributed by atoms with Crippen molar-refractivity contribution < 1.29 is 8.78 Å². The lowest BCUT2D eigenvalue weighted by molar-refractivity contribution is 0.336. The Hall–Kier alpha value is -0.830. The molecule has 2 aliphatic rings. The predicted octanol–water partition coefficient (Wildman–Crippen LogP) is 4.58. The van der Waals surface area contributed by atoms with Gasteiger partial charge in [0.05, 0.1) is 0 Å². The summed E-state index contributed by atoms with van der Waals surface area (Å²) in [6.45, 7) is 0.745. The molecule has 2 bridgehead atoms. The number of rotatable bonds is 4. The van der Waals surface area contributed by atoms with Gasteiger partial charge in [0.25, 0.3) is 0 Å². The van der Waals surface area contributed by atoms with E-state index in [1.807, 2.05) is 0 Å². The van der Waals surface area contributed by atoms with Crippen LogP contribution in [-0.2, 0) is 5.88 Å². The summed E-state index contributed by atoms with van der Waals surface area (Å²) in [5, 5.41) is 0. The third-order valence-corrected chi connectivity index (χ3v) is 5.31. The second-order valence-corrected chi connectivity index (χ2v) is 6.62. The van der Waals surface area contributed by atoms with Crippen molar-refractivity contribution in [2.45, 2.75) is 31.6 Å². The Morgan fingerprint density at radius 3 is 2.40 bits per heavy atom. The molecule has 2 fully saturated rings. The molecule has 20 heavy (non-hydrogen) atoms. The van der Waals surface area contributed by atoms with Crippen LogP contribution in [0, 0.1) is 29.4 Å². The van der Waals surface area contributed by atoms with Crippen LogP contribution in [0.2, 0.25) is 0 Å². The molecule has 3 unspecified atom stereocenters. The minimum Gasteiger partial charge on any atom is -0.370 e. The molecule has 3 rings (SSSR count). The SMILES string of the molecule is CN(CC1CC2CCC1C2)c1c(F)cc(CCl)cc1F. The van der Waals surface area contributed by atoms with Crippen molar-refractivity contribution in [3.63, 3.8) is 0 Å². The number of fused-ring (bicyclic) bond motifs is 2. The Kier molecular flexibility index (Phi) is 3.89. The van der Waals surface area contributed by atoms with Crippen LogP contribution >= 0.6 is 11.6 Å². The zero-order chi connectivity index (χ0) is 14.3. The number of hydrogen-bond acceptors (Lipinski definition) is 1. The van der Waals surface area contributed by atoms with Gasteiger partial charge in [0.15, 0.2) is 0 Å². The fourth-order valence-corrected chi connectivity index (χ4v) is 4.26. The molecule has 0 aliphatic heterocycles. The first kappa shape index (κ1) is 14.1. The van der Waals surface area contributed by atoms with Gasteiger partial charge in [0.1, 0.15) is 17.3 Å². The Morgan fingerprint density at radius 1 is 1.20 bits per heavy atom. The largest absolute Gasteiger partial charge is 0.370 e. The monoisotopic (exact) mass is 299 g/mol. The van der Waals surface area contributed by atoms with Crippen molar-refractivity contribution in [3.8, 4) is 0 Å². The van der Waals surface area contributed by atoms with Gasteiger partial charge in [0, 0.05) is 19.5 Å². The van der Waals surface area contributed by atoms with E-state index in [1.165, 1.54) is 37.8 Å². The molecule has 110 valence electrons. The molecular weight excluding hydrogens is 280 g/mol. The zero-order valence-corrected chi connectivity index (χ0v) is 12.5. The molecule has 1 nitrogen and oxygen atoms in total. The van der Waals surface area contributed by atoms with Gasteiger partial charge in [-0.25, -0.2) is 8.78 Å². The van der Waals surface area contributed by atoms with Gasteiger partial charge in [-0.3, -0.25) is 0 Å². The Labute approximate surface area is 123 Å². The smallest absolute Gasteiger partial charge is 0.149 e. The quantitative estimate of drug-likeness (QED) is 0.736. The van der Waals surface area contributed by atoms with Gasteiger partial charge in [-0.1, -0.05) is 6.42 Å². The fourth-order valence-electron chi connectivity index (χ4n) is 4.10. The van der Waals surface area contributed by atoms with E-state index in [2.05, 4.69) is 0 Å². The third-order valence-electron chi connectivity index (χ3n) is 5.01. The lowest BCUT2D eigenvalue weighted by atomic mass is 9.88. The van der Waals surface area contributed by atoms with Crippen LogP contribution < -0.4 is 4.90 Å². The number of nitrogens with zero attached hydrogens (tertiary/aromatic N) is 1. The first-order valence-corrected chi connectivity index (χ1v) is 7.87. The minimum absolute atomic E-state index is 0.0849. The molecular formula is C16H20ClF2N. The van der Waals surface area contributed by atoms with E-state index in [9.17, 15) is 8.78 Å². The second-order valence-electron chi connectivity index (χ2n) is 6.36. The van der Waals surface area contributed by atoms with Crippen LogP contribution in [0.15, 0.2) is 12.1 Å². The lowest BCUT2D eigenvalue weighted by Crippen LogP contribution is -2.30. The Bertz CT molecular complexity index is 482. The second kappa shape index (κ2) is 5.51. The summed E-state index contributed by atoms with van der Waals surface area (Å²) >= 11 is 5.64. The van der Waals surface area contributed by atoms with Crippen molar-refractivity contribution in [2.75, 3.05) is 18.5 Å². The molecule has 3 atom stereocenters. The van der Waals surface area contributed by atoms with E-state index in [-0.39, 0.29) is 11.6 Å². The van der Waals surface area contributed by atoms with Gasteiger partial charge in [0.2, 0.25) is 0 Å². The first-order valence-electron chi connectivity index (χ1n) is 7.33. The van der Waals surface area contributed by atoms with Crippen molar-refractivity contribution in [3.05, 3.63) is 29.3 Å². The topological polar surface area (TPSA) is 3.24 Å². The lowest BCUT2D eigenvalue weighted by Gasteiger charge is -2.29. The summed E-state index contributed by atoms with van der Waals surface area (Å²) in [5.74, 6) is 1.31. The first-order chi connectivity index (χ1) is 9.58. The summed E-state index contributed by atoms with van der Waals surface area (Å²) in [4.78, 5) is 1.74. The van der Waals surface area contributed by atoms with Crippen LogP contribution in [0.25, 0.3) is 0 Å². The maximum Gasteiger partial charge on any atom is 0.149 e. The van der Waals surface area contributed by atoms with Crippen LogP contribution in [0.4, 0.5) is 14.5 Å². The van der Waals surface area contributed by atoms with E-state index in [0.717, 1.165) is 18.4 Å². The molecule has 4 heteroatoms. The van der Waals surface area contributed by atoms with E-state index < -0.39 is 11.6 Å². The van der Waals surface area contributed by atoms with Crippen LogP contribution in [0.5, 0.6) is 0 Å². The van der Waals surface area contributed by atoms with Crippen LogP contribution in [0.1, 0.15) is 31.2 Å². The normalized spacial score (nSPS) is 28.1. The summed E-state index contributed by atoms with van der Waals surface area (Å²) in [6, 6.07) is 2.67. The Morgan fingerprint density at radius 2 is 1.90 bits per heavy atom. The summed E-state index contributed by atoms with van der Waals surface area (Å²) in [7, 11) is 1.79. The van der Waals surface area contributed by atoms with Crippen molar-refractivity contribution in [2.24, 2.45) is 17.8 Å². The summed E-state index contributed by atoms with van der Waals surface area (Å²) in [5.41, 5.74) is 0.570. The van der Waals surface area contributed by atoms with Crippen molar-refractivity contribution in [1.82, 2.24) is 0 Å². The molecule has 0 amide bonds. The number of halogens is 3. The zero-order valence-electron chi connectivity index (χ0n) is 11.7. The summed E-state index contributed by atoms with van der Waals surface area (Å²) < 4.78 is 28.1. The van der Waals surface area contributed by atoms with Gasteiger partial charge in [-0.2, -0.15) is 0 Å². The van der Waals surface area contributed by atoms with E-state index >= 15 is 0 Å². The van der Waals surface area contributed by atoms with E-state index in [1.54, 1.807) is 11.9 Å². The average molecular weight is 300 g/mol. The van der Waals surface area contributed by atoms with E-state index in [0.29, 0.717) is 11.5 Å². The highest BCUT2D eigenvalue weighted by atomic mass is 35.5. The van der Waals surface area contributed by atoms with Gasteiger partial charge in [-0.05, 0) is 54.7 Å². The molecule has 0 spiro atoms.